The van der Waals surface area contributed by atoms with Crippen molar-refractivity contribution < 1.29 is 51.2 Å². The second-order valence-corrected chi connectivity index (χ2v) is 13.3. The molecule has 0 bridgehead atoms. The van der Waals surface area contributed by atoms with Gasteiger partial charge in [-0.1, -0.05) is 35.9 Å². The molecule has 6 unspecified atom stereocenters. The van der Waals surface area contributed by atoms with E-state index in [0.717, 1.165) is 17.0 Å². The van der Waals surface area contributed by atoms with Gasteiger partial charge in [-0.25, -0.2) is 31.8 Å². The van der Waals surface area contributed by atoms with Gasteiger partial charge >= 0.3 is 0 Å². The second-order valence-electron chi connectivity index (χ2n) is 12.0. The highest BCUT2D eigenvalue weighted by Gasteiger charge is 2.77. The molecule has 6 atom stereocenters. The molecule has 2 aliphatic heterocycles. The zero-order chi connectivity index (χ0) is 35.5. The summed E-state index contributed by atoms with van der Waals surface area (Å²) in [5.41, 5.74) is -2.46. The van der Waals surface area contributed by atoms with Gasteiger partial charge in [0.25, 0.3) is 17.5 Å². The third-order valence-electron chi connectivity index (χ3n) is 9.77. The van der Waals surface area contributed by atoms with Crippen molar-refractivity contribution in [3.05, 3.63) is 105 Å². The number of benzene rings is 3. The van der Waals surface area contributed by atoms with E-state index in [9.17, 15) is 47.6 Å². The average Bonchev–Trinajstić information content (AvgIpc) is 3.41. The molecule has 49 heavy (non-hydrogen) atoms. The third-order valence-corrected chi connectivity index (χ3v) is 11.2. The van der Waals surface area contributed by atoms with Crippen LogP contribution in [0.3, 0.4) is 0 Å². The van der Waals surface area contributed by atoms with Crippen LogP contribution in [0, 0.1) is 57.0 Å². The number of aromatic hydroxyl groups is 1. The van der Waals surface area contributed by atoms with Crippen LogP contribution in [-0.2, 0) is 19.2 Å². The Morgan fingerprint density at radius 2 is 1.45 bits per heavy atom. The molecular formula is C32H18Cl2F5N3O7. The lowest BCUT2D eigenvalue weighted by molar-refractivity contribution is -0.384. The van der Waals surface area contributed by atoms with Crippen LogP contribution in [-0.4, -0.2) is 43.4 Å². The van der Waals surface area contributed by atoms with E-state index >= 15 is 8.78 Å². The molecule has 0 radical (unpaired) electrons. The maximum atomic E-state index is 15.1. The molecule has 2 aliphatic carbocycles. The number of nitro groups is 1. The van der Waals surface area contributed by atoms with E-state index < -0.39 is 115 Å². The van der Waals surface area contributed by atoms with Crippen molar-refractivity contribution in [3.63, 3.8) is 0 Å². The number of nitro benzene ring substituents is 1. The van der Waals surface area contributed by atoms with E-state index in [0.29, 0.717) is 0 Å². The second kappa shape index (κ2) is 10.8. The number of halogens is 7. The predicted molar refractivity (Wildman–Crippen MR) is 160 cm³/mol. The van der Waals surface area contributed by atoms with Crippen LogP contribution in [0.25, 0.3) is 0 Å². The van der Waals surface area contributed by atoms with Gasteiger partial charge < -0.3 is 5.11 Å². The van der Waals surface area contributed by atoms with Crippen molar-refractivity contribution in [1.29, 1.82) is 0 Å². The van der Waals surface area contributed by atoms with Crippen LogP contribution in [0.5, 0.6) is 5.75 Å². The van der Waals surface area contributed by atoms with Gasteiger partial charge in [-0.05, 0) is 30.9 Å². The zero-order valence-corrected chi connectivity index (χ0v) is 25.8. The number of imide groups is 2. The van der Waals surface area contributed by atoms with Crippen molar-refractivity contribution in [3.8, 4) is 5.75 Å². The summed E-state index contributed by atoms with van der Waals surface area (Å²) in [7, 11) is 0. The molecule has 17 heteroatoms. The number of para-hydroxylation sites is 1. The molecule has 10 nitrogen and oxygen atoms in total. The van der Waals surface area contributed by atoms with Crippen molar-refractivity contribution >= 4 is 63.9 Å². The standard InChI is InChI=1S/C32H18Cl2F5N3O7/c33-31-11-17-14(8-9-16-19(17)28(45)40(27(16)44)12-4-3-5-13(10-12)42(48)49)20(15-6-1-2-7-18(15)43)32(31,34)30(47)41(29(31)46)26-24(38)22(36)21(35)23(37)25(26)39/h1-8,10,16-17,19-20,43H,9,11H2. The van der Waals surface area contributed by atoms with Gasteiger partial charge in [0.1, 0.15) is 11.4 Å². The lowest BCUT2D eigenvalue weighted by Crippen LogP contribution is -2.60. The van der Waals surface area contributed by atoms with E-state index in [2.05, 4.69) is 0 Å². The first-order valence-electron chi connectivity index (χ1n) is 14.5. The number of hydrogen-bond donors (Lipinski definition) is 1. The number of nitrogens with zero attached hydrogens (tertiary/aromatic N) is 3. The fourth-order valence-electron chi connectivity index (χ4n) is 7.64. The smallest absolute Gasteiger partial charge is 0.271 e. The lowest BCUT2D eigenvalue weighted by Gasteiger charge is -2.50. The van der Waals surface area contributed by atoms with Crippen LogP contribution in [0.4, 0.5) is 39.0 Å². The minimum atomic E-state index is -2.79. The van der Waals surface area contributed by atoms with Crippen molar-refractivity contribution in [2.45, 2.75) is 28.5 Å². The van der Waals surface area contributed by atoms with E-state index in [1.807, 2.05) is 0 Å². The number of anilines is 2. The Labute approximate surface area is 281 Å². The molecule has 2 heterocycles. The van der Waals surface area contributed by atoms with Gasteiger partial charge in [0.2, 0.25) is 17.6 Å². The Morgan fingerprint density at radius 1 is 0.816 bits per heavy atom. The fourth-order valence-corrected chi connectivity index (χ4v) is 8.57. The molecule has 4 aliphatic rings. The normalized spacial score (nSPS) is 29.2. The van der Waals surface area contributed by atoms with Crippen LogP contribution in [0.15, 0.2) is 60.2 Å². The van der Waals surface area contributed by atoms with Gasteiger partial charge in [0.15, 0.2) is 33.0 Å². The number of rotatable bonds is 4. The third kappa shape index (κ3) is 4.11. The minimum Gasteiger partial charge on any atom is -0.508 e. The van der Waals surface area contributed by atoms with Gasteiger partial charge in [-0.2, -0.15) is 0 Å². The monoisotopic (exact) mass is 721 g/mol. The number of amides is 4. The minimum absolute atomic E-state index is 0.120. The molecule has 3 aromatic rings. The first kappa shape index (κ1) is 32.6. The van der Waals surface area contributed by atoms with E-state index in [1.54, 1.807) is 0 Å². The molecule has 0 spiro atoms. The summed E-state index contributed by atoms with van der Waals surface area (Å²) >= 11 is 14.0. The lowest BCUT2D eigenvalue weighted by atomic mass is 9.56. The van der Waals surface area contributed by atoms with Gasteiger partial charge in [-0.3, -0.25) is 29.3 Å². The fraction of sp³-hybridized carbons (Fsp3) is 0.250. The number of allylic oxidation sites excluding steroid dienone is 2. The Balaban J connectivity index is 1.42. The molecule has 252 valence electrons. The van der Waals surface area contributed by atoms with Crippen LogP contribution < -0.4 is 9.80 Å². The van der Waals surface area contributed by atoms with E-state index in [-0.39, 0.29) is 28.1 Å². The molecule has 4 amide bonds. The maximum absolute atomic E-state index is 15.1. The number of phenols is 1. The molecule has 2 saturated heterocycles. The number of fused-ring (bicyclic) bond motifs is 4. The van der Waals surface area contributed by atoms with E-state index in [1.165, 1.54) is 42.5 Å². The largest absolute Gasteiger partial charge is 0.508 e. The molecular weight excluding hydrogens is 704 g/mol. The Hall–Kier alpha value is -4.89. The molecule has 3 fully saturated rings. The number of phenolic OH excluding ortho intramolecular Hbond substituents is 1. The van der Waals surface area contributed by atoms with Crippen molar-refractivity contribution in [1.82, 2.24) is 0 Å². The summed E-state index contributed by atoms with van der Waals surface area (Å²) < 4.78 is 72.9. The van der Waals surface area contributed by atoms with Gasteiger partial charge in [-0.15, -0.1) is 23.2 Å². The highest BCUT2D eigenvalue weighted by molar-refractivity contribution is 6.58. The summed E-state index contributed by atoms with van der Waals surface area (Å²) in [6.45, 7) is 0. The zero-order valence-electron chi connectivity index (χ0n) is 24.3. The number of alkyl halides is 2. The Kier molecular flexibility index (Phi) is 7.20. The average molecular weight is 722 g/mol. The predicted octanol–water partition coefficient (Wildman–Crippen LogP) is 5.76. The topological polar surface area (TPSA) is 138 Å². The summed E-state index contributed by atoms with van der Waals surface area (Å²) in [5.74, 6) is -23.2. The quantitative estimate of drug-likeness (QED) is 0.0528. The highest BCUT2D eigenvalue weighted by Crippen LogP contribution is 2.66. The van der Waals surface area contributed by atoms with Crippen molar-refractivity contribution in [2.75, 3.05) is 9.80 Å². The number of non-ortho nitro benzene ring substituents is 1. The highest BCUT2D eigenvalue weighted by atomic mass is 35.5. The summed E-state index contributed by atoms with van der Waals surface area (Å²) in [6.07, 6.45) is 0.570. The Bertz CT molecular complexity index is 2090. The Morgan fingerprint density at radius 3 is 2.08 bits per heavy atom. The molecule has 3 aromatic carbocycles. The number of hydrogen-bond acceptors (Lipinski definition) is 7. The molecule has 1 N–H and O–H groups in total. The number of carbonyl (C=O) groups excluding carboxylic acids is 4. The van der Waals surface area contributed by atoms with Gasteiger partial charge in [0, 0.05) is 23.6 Å². The van der Waals surface area contributed by atoms with Gasteiger partial charge in [0.05, 0.1) is 22.4 Å². The SMILES string of the molecule is O=C1C2CC=C3C(CC4(Cl)C(=O)N(c5c(F)c(F)c(F)c(F)c5F)C(=O)C4(Cl)C3c3ccccc3O)C2C(=O)N1c1cccc([N+](=O)[O-])c1. The summed E-state index contributed by atoms with van der Waals surface area (Å²) in [6, 6.07) is 10.0. The van der Waals surface area contributed by atoms with Crippen molar-refractivity contribution in [2.24, 2.45) is 17.8 Å². The first-order valence-corrected chi connectivity index (χ1v) is 15.2. The molecule has 7 rings (SSSR count). The summed E-state index contributed by atoms with van der Waals surface area (Å²) in [5, 5.41) is 22.4. The first-order chi connectivity index (χ1) is 23.1. The van der Waals surface area contributed by atoms with Crippen LogP contribution in [0.2, 0.25) is 0 Å². The summed E-state index contributed by atoms with van der Waals surface area (Å²) in [4.78, 5) is 61.8. The van der Waals surface area contributed by atoms with Crippen LogP contribution >= 0.6 is 23.2 Å². The van der Waals surface area contributed by atoms with E-state index in [4.69, 9.17) is 23.2 Å². The molecule has 1 saturated carbocycles. The molecule has 0 aromatic heterocycles. The van der Waals surface area contributed by atoms with Crippen LogP contribution in [0.1, 0.15) is 24.3 Å². The maximum Gasteiger partial charge on any atom is 0.271 e. The number of carbonyl (C=O) groups is 4.